The highest BCUT2D eigenvalue weighted by molar-refractivity contribution is 6.54. The molecule has 0 radical (unpaired) electrons. The Morgan fingerprint density at radius 2 is 1.88 bits per heavy atom. The molecule has 1 heterocycles. The Morgan fingerprint density at radius 1 is 1.20 bits per heavy atom. The molecule has 0 aromatic heterocycles. The summed E-state index contributed by atoms with van der Waals surface area (Å²) in [6.45, 7) is 3.91. The van der Waals surface area contributed by atoms with Crippen LogP contribution in [0.4, 0.5) is 5.69 Å². The van der Waals surface area contributed by atoms with Gasteiger partial charge in [-0.05, 0) is 25.5 Å². The number of amides is 1. The Labute approximate surface area is 150 Å². The molecule has 0 bridgehead atoms. The minimum atomic E-state index is -0.834. The highest BCUT2D eigenvalue weighted by Crippen LogP contribution is 2.30. The second-order valence-corrected chi connectivity index (χ2v) is 6.51. The predicted molar refractivity (Wildman–Crippen MR) is 96.8 cm³/mol. The lowest BCUT2D eigenvalue weighted by Crippen LogP contribution is -2.30. The maximum Gasteiger partial charge on any atom is 0.352 e. The van der Waals surface area contributed by atoms with Crippen molar-refractivity contribution in [1.82, 2.24) is 0 Å². The molecular weight excluding hydrogens is 340 g/mol. The molecule has 0 saturated carbocycles. The van der Waals surface area contributed by atoms with E-state index in [1.54, 1.807) is 11.0 Å². The number of nitrogens with zero attached hydrogens (tertiary/aromatic N) is 2. The minimum absolute atomic E-state index is 0.105. The number of benzene rings is 2. The van der Waals surface area contributed by atoms with Crippen LogP contribution in [-0.4, -0.2) is 23.0 Å². The molecule has 2 aromatic rings. The van der Waals surface area contributed by atoms with E-state index in [4.69, 9.17) is 16.4 Å². The molecule has 0 saturated heterocycles. The Bertz CT molecular complexity index is 844. The van der Waals surface area contributed by atoms with Crippen molar-refractivity contribution in [3.05, 3.63) is 65.2 Å². The van der Waals surface area contributed by atoms with Crippen LogP contribution >= 0.6 is 11.6 Å². The minimum Gasteiger partial charge on any atom is -0.316 e. The summed E-state index contributed by atoms with van der Waals surface area (Å²) in [6, 6.07) is 15.2. The lowest BCUT2D eigenvalue weighted by molar-refractivity contribution is -0.142. The molecule has 0 unspecified atom stereocenters. The Balaban J connectivity index is 1.91. The first-order valence-electron chi connectivity index (χ1n) is 7.87. The summed E-state index contributed by atoms with van der Waals surface area (Å²) >= 11 is 5.66. The quantitative estimate of drug-likeness (QED) is 0.479. The van der Waals surface area contributed by atoms with Crippen LogP contribution in [-0.2, 0) is 21.0 Å². The topological polar surface area (TPSA) is 59.0 Å². The molecule has 0 fully saturated rings. The average Bonchev–Trinajstić information content (AvgIpc) is 2.86. The van der Waals surface area contributed by atoms with Gasteiger partial charge in [0, 0.05) is 5.56 Å². The molecule has 6 heteroatoms. The SMILES string of the molecule is Cc1ccc(CN2C(=O)/C(=N/OC(=O)[C@@H](C)Cl)c3ccccc32)cc1. The molecule has 0 aliphatic carbocycles. The summed E-state index contributed by atoms with van der Waals surface area (Å²) in [4.78, 5) is 30.7. The molecular formula is C19H17ClN2O3. The number of carbonyl (C=O) groups is 2. The van der Waals surface area contributed by atoms with Gasteiger partial charge in [-0.2, -0.15) is 0 Å². The first-order valence-corrected chi connectivity index (χ1v) is 8.30. The standard InChI is InChI=1S/C19H17ClN2O3/c1-12-7-9-14(10-8-12)11-22-16-6-4-3-5-15(16)17(18(22)23)21-25-19(24)13(2)20/h3-10,13H,11H2,1-2H3/b21-17+/t13-/m1/s1. The monoisotopic (exact) mass is 356 g/mol. The Hall–Kier alpha value is -2.66. The van der Waals surface area contributed by atoms with Crippen molar-refractivity contribution in [1.29, 1.82) is 0 Å². The van der Waals surface area contributed by atoms with E-state index < -0.39 is 11.3 Å². The zero-order chi connectivity index (χ0) is 18.0. The van der Waals surface area contributed by atoms with Crippen LogP contribution < -0.4 is 4.90 Å². The van der Waals surface area contributed by atoms with Crippen molar-refractivity contribution in [3.8, 4) is 0 Å². The Morgan fingerprint density at radius 3 is 2.56 bits per heavy atom. The second-order valence-electron chi connectivity index (χ2n) is 5.86. The van der Waals surface area contributed by atoms with Gasteiger partial charge < -0.3 is 9.74 Å². The van der Waals surface area contributed by atoms with Crippen molar-refractivity contribution >= 4 is 34.9 Å². The number of fused-ring (bicyclic) bond motifs is 1. The van der Waals surface area contributed by atoms with Crippen molar-refractivity contribution in [3.63, 3.8) is 0 Å². The zero-order valence-corrected chi connectivity index (χ0v) is 14.7. The number of aryl methyl sites for hydroxylation is 1. The number of hydrogen-bond donors (Lipinski definition) is 0. The van der Waals surface area contributed by atoms with Gasteiger partial charge in [0.1, 0.15) is 5.38 Å². The predicted octanol–water partition coefficient (Wildman–Crippen LogP) is 3.42. The van der Waals surface area contributed by atoms with Crippen LogP contribution in [0.25, 0.3) is 0 Å². The van der Waals surface area contributed by atoms with E-state index in [2.05, 4.69) is 5.16 Å². The van der Waals surface area contributed by atoms with Gasteiger partial charge in [-0.15, -0.1) is 11.6 Å². The van der Waals surface area contributed by atoms with Crippen LogP contribution in [0.1, 0.15) is 23.6 Å². The summed E-state index contributed by atoms with van der Waals surface area (Å²) in [5, 5.41) is 2.93. The zero-order valence-electron chi connectivity index (χ0n) is 13.9. The molecule has 1 atom stereocenters. The Kier molecular flexibility index (Phi) is 4.86. The maximum atomic E-state index is 12.8. The van der Waals surface area contributed by atoms with Crippen LogP contribution in [0.5, 0.6) is 0 Å². The largest absolute Gasteiger partial charge is 0.352 e. The highest BCUT2D eigenvalue weighted by atomic mass is 35.5. The van der Waals surface area contributed by atoms with Crippen molar-refractivity contribution in [2.75, 3.05) is 4.90 Å². The van der Waals surface area contributed by atoms with Gasteiger partial charge in [-0.25, -0.2) is 4.79 Å². The van der Waals surface area contributed by atoms with Gasteiger partial charge in [0.15, 0.2) is 5.71 Å². The van der Waals surface area contributed by atoms with Crippen LogP contribution in [0.2, 0.25) is 0 Å². The summed E-state index contributed by atoms with van der Waals surface area (Å²) in [6.07, 6.45) is 0. The van der Waals surface area contributed by atoms with Gasteiger partial charge in [-0.3, -0.25) is 4.79 Å². The van der Waals surface area contributed by atoms with Gasteiger partial charge in [0.25, 0.3) is 5.91 Å². The molecule has 0 spiro atoms. The highest BCUT2D eigenvalue weighted by Gasteiger charge is 2.34. The smallest absolute Gasteiger partial charge is 0.316 e. The summed E-state index contributed by atoms with van der Waals surface area (Å²) in [7, 11) is 0. The van der Waals surface area contributed by atoms with Gasteiger partial charge in [-0.1, -0.05) is 53.2 Å². The van der Waals surface area contributed by atoms with Crippen molar-refractivity contribution in [2.24, 2.45) is 5.16 Å². The van der Waals surface area contributed by atoms with E-state index >= 15 is 0 Å². The van der Waals surface area contributed by atoms with E-state index in [9.17, 15) is 9.59 Å². The van der Waals surface area contributed by atoms with E-state index in [0.717, 1.165) is 16.8 Å². The molecule has 0 N–H and O–H groups in total. The third kappa shape index (κ3) is 3.56. The number of halogens is 1. The molecule has 128 valence electrons. The second kappa shape index (κ2) is 7.07. The molecule has 25 heavy (non-hydrogen) atoms. The fourth-order valence-corrected chi connectivity index (χ4v) is 2.59. The van der Waals surface area contributed by atoms with Crippen molar-refractivity contribution in [2.45, 2.75) is 25.8 Å². The number of alkyl halides is 1. The molecule has 1 aliphatic heterocycles. The number of rotatable bonds is 4. The van der Waals surface area contributed by atoms with Crippen molar-refractivity contribution < 1.29 is 14.4 Å². The summed E-state index contributed by atoms with van der Waals surface area (Å²) in [5.74, 6) is -1.01. The van der Waals surface area contributed by atoms with Gasteiger partial charge >= 0.3 is 5.97 Å². The van der Waals surface area contributed by atoms with E-state index in [0.29, 0.717) is 12.1 Å². The molecule has 5 nitrogen and oxygen atoms in total. The van der Waals surface area contributed by atoms with Crippen LogP contribution in [0, 0.1) is 6.92 Å². The normalized spacial score (nSPS) is 16.0. The number of hydrogen-bond acceptors (Lipinski definition) is 4. The molecule has 3 rings (SSSR count). The number of carbonyl (C=O) groups excluding carboxylic acids is 2. The van der Waals surface area contributed by atoms with E-state index in [-0.39, 0.29) is 11.6 Å². The molecule has 1 aliphatic rings. The fourth-order valence-electron chi connectivity index (χ4n) is 2.55. The average molecular weight is 357 g/mol. The maximum absolute atomic E-state index is 12.8. The number of anilines is 1. The molecule has 2 aromatic carbocycles. The van der Waals surface area contributed by atoms with Crippen LogP contribution in [0.3, 0.4) is 0 Å². The summed E-state index contributed by atoms with van der Waals surface area (Å²) in [5.41, 5.74) is 3.63. The van der Waals surface area contributed by atoms with Gasteiger partial charge in [0.05, 0.1) is 12.2 Å². The third-order valence-corrected chi connectivity index (χ3v) is 4.09. The van der Waals surface area contributed by atoms with E-state index in [1.807, 2.05) is 49.4 Å². The summed E-state index contributed by atoms with van der Waals surface area (Å²) < 4.78 is 0. The first-order chi connectivity index (χ1) is 12.0. The lowest BCUT2D eigenvalue weighted by Gasteiger charge is -2.16. The third-order valence-electron chi connectivity index (χ3n) is 3.91. The fraction of sp³-hybridized carbons (Fsp3) is 0.211. The van der Waals surface area contributed by atoms with E-state index in [1.165, 1.54) is 6.92 Å². The van der Waals surface area contributed by atoms with Gasteiger partial charge in [0.2, 0.25) is 0 Å². The number of para-hydroxylation sites is 1. The first kappa shape index (κ1) is 17.2. The molecule has 1 amide bonds. The van der Waals surface area contributed by atoms with Crippen LogP contribution in [0.15, 0.2) is 53.7 Å². The number of oxime groups is 1. The lowest BCUT2D eigenvalue weighted by atomic mass is 10.1.